The predicted octanol–water partition coefficient (Wildman–Crippen LogP) is 0.973. The van der Waals surface area contributed by atoms with Crippen LogP contribution in [0.25, 0.3) is 5.53 Å². The van der Waals surface area contributed by atoms with Gasteiger partial charge in [-0.05, 0) is 13.2 Å². The van der Waals surface area contributed by atoms with Crippen molar-refractivity contribution in [1.82, 2.24) is 0 Å². The third kappa shape index (κ3) is 4.16. The average molecular weight is 188 g/mol. The van der Waals surface area contributed by atoms with Crippen molar-refractivity contribution < 1.29 is 14.3 Å². The molecule has 0 radical (unpaired) electrons. The Bertz CT molecular complexity index is 200. The summed E-state index contributed by atoms with van der Waals surface area (Å²) in [5.74, 6) is 0.215. The van der Waals surface area contributed by atoms with Gasteiger partial charge in [-0.3, -0.25) is 0 Å². The van der Waals surface area contributed by atoms with E-state index in [0.29, 0.717) is 13.0 Å². The Labute approximate surface area is 75.9 Å². The van der Waals surface area contributed by atoms with Gasteiger partial charge < -0.3 is 10.3 Å². The summed E-state index contributed by atoms with van der Waals surface area (Å²) in [6, 6.07) is 0. The zero-order valence-corrected chi connectivity index (χ0v) is 8.06. The Kier molecular flexibility index (Phi) is 6.42. The highest BCUT2D eigenvalue weighted by Gasteiger charge is 2.20. The fourth-order valence-electron chi connectivity index (χ4n) is 0.606. The quantitative estimate of drug-likeness (QED) is 0.279. The first kappa shape index (κ1) is 11.2. The van der Waals surface area contributed by atoms with Gasteiger partial charge >= 0.3 is 11.7 Å². The summed E-state index contributed by atoms with van der Waals surface area (Å²) in [7, 11) is 0. The van der Waals surface area contributed by atoms with Gasteiger partial charge in [0.2, 0.25) is 0 Å². The van der Waals surface area contributed by atoms with Crippen molar-refractivity contribution in [2.75, 3.05) is 18.6 Å². The molecule has 0 aliphatic heterocycles. The predicted molar refractivity (Wildman–Crippen MR) is 48.3 cm³/mol. The molecule has 4 nitrogen and oxygen atoms in total. The van der Waals surface area contributed by atoms with E-state index >= 15 is 0 Å². The van der Waals surface area contributed by atoms with Gasteiger partial charge in [0.05, 0.1) is 13.0 Å². The first-order valence-corrected chi connectivity index (χ1v) is 5.02. The van der Waals surface area contributed by atoms with Crippen LogP contribution in [-0.4, -0.2) is 35.1 Å². The summed E-state index contributed by atoms with van der Waals surface area (Å²) in [6.07, 6.45) is 2.36. The van der Waals surface area contributed by atoms with Crippen molar-refractivity contribution in [3.8, 4) is 0 Å². The maximum absolute atomic E-state index is 11.0. The third-order valence-corrected chi connectivity index (χ3v) is 1.79. The Morgan fingerprint density at radius 2 is 2.33 bits per heavy atom. The lowest BCUT2D eigenvalue weighted by Gasteiger charge is -1.95. The number of carbonyl (C=O) groups is 1. The summed E-state index contributed by atoms with van der Waals surface area (Å²) in [5, 5.41) is 0. The monoisotopic (exact) mass is 188 g/mol. The van der Waals surface area contributed by atoms with Gasteiger partial charge in [-0.2, -0.15) is 16.6 Å². The second-order valence-corrected chi connectivity index (χ2v) is 3.00. The van der Waals surface area contributed by atoms with Crippen LogP contribution in [0.15, 0.2) is 0 Å². The molecule has 12 heavy (non-hydrogen) atoms. The number of carbonyl (C=O) groups excluding carboxylic acids is 1. The van der Waals surface area contributed by atoms with E-state index in [4.69, 9.17) is 5.53 Å². The summed E-state index contributed by atoms with van der Waals surface area (Å²) < 4.78 is 4.65. The molecule has 0 atom stereocenters. The summed E-state index contributed by atoms with van der Waals surface area (Å²) in [5.41, 5.74) is 8.52. The van der Waals surface area contributed by atoms with Crippen molar-refractivity contribution in [3.05, 3.63) is 5.53 Å². The molecule has 0 N–H and O–H groups in total. The number of thioether (sulfide) groups is 1. The number of hydrogen-bond donors (Lipinski definition) is 0. The SMILES string of the molecule is CCOC(=O)C(CCSC)=[N+]=[N-]. The zero-order chi connectivity index (χ0) is 9.40. The number of nitrogens with zero attached hydrogens (tertiary/aromatic N) is 2. The minimum atomic E-state index is -0.533. The lowest BCUT2D eigenvalue weighted by atomic mass is 10.3. The van der Waals surface area contributed by atoms with Crippen LogP contribution in [0.5, 0.6) is 0 Å². The molecule has 0 saturated heterocycles. The van der Waals surface area contributed by atoms with Crippen LogP contribution < -0.4 is 0 Å². The lowest BCUT2D eigenvalue weighted by molar-refractivity contribution is -0.140. The number of ether oxygens (including phenoxy) is 1. The lowest BCUT2D eigenvalue weighted by Crippen LogP contribution is -2.19. The molecule has 0 bridgehead atoms. The Morgan fingerprint density at radius 1 is 1.67 bits per heavy atom. The van der Waals surface area contributed by atoms with Crippen LogP contribution in [-0.2, 0) is 9.53 Å². The van der Waals surface area contributed by atoms with Crippen molar-refractivity contribution >= 4 is 23.4 Å². The highest BCUT2D eigenvalue weighted by Crippen LogP contribution is 1.97. The van der Waals surface area contributed by atoms with E-state index < -0.39 is 5.97 Å². The maximum Gasteiger partial charge on any atom is 0.416 e. The third-order valence-electron chi connectivity index (χ3n) is 1.17. The van der Waals surface area contributed by atoms with Crippen molar-refractivity contribution in [3.63, 3.8) is 0 Å². The number of esters is 1. The molecule has 0 rings (SSSR count). The number of hydrogen-bond acceptors (Lipinski definition) is 3. The van der Waals surface area contributed by atoms with Gasteiger partial charge in [0, 0.05) is 5.75 Å². The molecule has 5 heteroatoms. The number of rotatable bonds is 5. The molecule has 0 spiro atoms. The Morgan fingerprint density at radius 3 is 2.75 bits per heavy atom. The Hall–Kier alpha value is -0.800. The molecule has 0 aromatic rings. The smallest absolute Gasteiger partial charge is 0.416 e. The first-order valence-electron chi connectivity index (χ1n) is 3.63. The van der Waals surface area contributed by atoms with E-state index in [2.05, 4.69) is 9.53 Å². The summed E-state index contributed by atoms with van der Waals surface area (Å²) in [6.45, 7) is 2.01. The topological polar surface area (TPSA) is 62.7 Å². The van der Waals surface area contributed by atoms with E-state index in [1.54, 1.807) is 18.7 Å². The van der Waals surface area contributed by atoms with E-state index in [9.17, 15) is 4.79 Å². The largest absolute Gasteiger partial charge is 0.457 e. The highest BCUT2D eigenvalue weighted by atomic mass is 32.2. The Balaban J connectivity index is 3.99. The van der Waals surface area contributed by atoms with Gasteiger partial charge in [0.1, 0.15) is 0 Å². The summed E-state index contributed by atoms with van der Waals surface area (Å²) >= 11 is 1.58. The normalized spacial score (nSPS) is 8.83. The second-order valence-electron chi connectivity index (χ2n) is 2.01. The van der Waals surface area contributed by atoms with Crippen LogP contribution in [0.3, 0.4) is 0 Å². The van der Waals surface area contributed by atoms with Gasteiger partial charge in [-0.25, -0.2) is 4.79 Å². The molecule has 0 aromatic heterocycles. The van der Waals surface area contributed by atoms with Gasteiger partial charge in [-0.15, -0.1) is 0 Å². The summed E-state index contributed by atoms with van der Waals surface area (Å²) in [4.78, 5) is 13.8. The van der Waals surface area contributed by atoms with Crippen LogP contribution in [0.2, 0.25) is 0 Å². The van der Waals surface area contributed by atoms with Crippen molar-refractivity contribution in [2.24, 2.45) is 0 Å². The molecule has 0 aliphatic carbocycles. The van der Waals surface area contributed by atoms with Gasteiger partial charge in [0.15, 0.2) is 0 Å². The molecule has 0 aromatic carbocycles. The van der Waals surface area contributed by atoms with Crippen LogP contribution >= 0.6 is 11.8 Å². The molecule has 0 heterocycles. The standard InChI is InChI=1S/C7H12N2O2S/c1-3-11-7(10)6(9-8)4-5-12-2/h3-5H2,1-2H3. The van der Waals surface area contributed by atoms with E-state index in [0.717, 1.165) is 5.75 Å². The molecule has 0 aliphatic rings. The van der Waals surface area contributed by atoms with Crippen LogP contribution in [0.4, 0.5) is 0 Å². The minimum absolute atomic E-state index is 0.0891. The van der Waals surface area contributed by atoms with E-state index in [1.165, 1.54) is 0 Å². The average Bonchev–Trinajstić information content (AvgIpc) is 2.06. The van der Waals surface area contributed by atoms with E-state index in [1.807, 2.05) is 6.26 Å². The van der Waals surface area contributed by atoms with Crippen LogP contribution in [0, 0.1) is 0 Å². The van der Waals surface area contributed by atoms with Gasteiger partial charge in [-0.1, -0.05) is 0 Å². The second kappa shape index (κ2) is 6.88. The van der Waals surface area contributed by atoms with Crippen LogP contribution in [0.1, 0.15) is 13.3 Å². The van der Waals surface area contributed by atoms with Crippen molar-refractivity contribution in [2.45, 2.75) is 13.3 Å². The van der Waals surface area contributed by atoms with Crippen molar-refractivity contribution in [1.29, 1.82) is 0 Å². The first-order chi connectivity index (χ1) is 5.76. The molecule has 0 amide bonds. The molecule has 0 saturated carbocycles. The minimum Gasteiger partial charge on any atom is -0.457 e. The highest BCUT2D eigenvalue weighted by molar-refractivity contribution is 7.98. The fraction of sp³-hybridized carbons (Fsp3) is 0.714. The molecular weight excluding hydrogens is 176 g/mol. The zero-order valence-electron chi connectivity index (χ0n) is 7.24. The van der Waals surface area contributed by atoms with Gasteiger partial charge in [0.25, 0.3) is 0 Å². The van der Waals surface area contributed by atoms with E-state index in [-0.39, 0.29) is 5.71 Å². The molecule has 68 valence electrons. The molecule has 0 fully saturated rings. The maximum atomic E-state index is 11.0. The molecule has 0 unspecified atom stereocenters. The molecular formula is C7H12N2O2S. The fourth-order valence-corrected chi connectivity index (χ4v) is 1.00.